The summed E-state index contributed by atoms with van der Waals surface area (Å²) >= 11 is 0. The lowest BCUT2D eigenvalue weighted by atomic mass is 10.0. The third-order valence-electron chi connectivity index (χ3n) is 10.4. The van der Waals surface area contributed by atoms with Crippen molar-refractivity contribution >= 4 is 13.8 Å². The van der Waals surface area contributed by atoms with Gasteiger partial charge < -0.3 is 18.9 Å². The topological polar surface area (TPSA) is 91.3 Å². The number of hydrogen-bond donors (Lipinski definition) is 1. The van der Waals surface area contributed by atoms with Gasteiger partial charge in [0.05, 0.1) is 34.4 Å². The standard InChI is InChI=1S/C45H92NO7P/c1-6-8-10-12-14-16-18-19-20-21-22-23-24-25-26-27-28-29-30-32-34-36-38-45(47)53-44(43-52-54(48,49)51-41-39-46(3,4)5)42-50-40-37-35-33-31-17-15-13-11-9-7-2/h44H,6-43H2,1-5H3/p+1. The van der Waals surface area contributed by atoms with Crippen molar-refractivity contribution in [2.24, 2.45) is 0 Å². The van der Waals surface area contributed by atoms with Crippen molar-refractivity contribution in [3.8, 4) is 0 Å². The van der Waals surface area contributed by atoms with Gasteiger partial charge in [-0.1, -0.05) is 206 Å². The van der Waals surface area contributed by atoms with Crippen molar-refractivity contribution in [2.75, 3.05) is 54.1 Å². The summed E-state index contributed by atoms with van der Waals surface area (Å²) in [5.41, 5.74) is 0. The van der Waals surface area contributed by atoms with Gasteiger partial charge in [0, 0.05) is 13.0 Å². The van der Waals surface area contributed by atoms with Crippen LogP contribution in [0.4, 0.5) is 0 Å². The molecule has 0 aromatic heterocycles. The Morgan fingerprint density at radius 3 is 1.22 bits per heavy atom. The molecule has 54 heavy (non-hydrogen) atoms. The van der Waals surface area contributed by atoms with Crippen LogP contribution >= 0.6 is 7.82 Å². The van der Waals surface area contributed by atoms with Gasteiger partial charge >= 0.3 is 13.8 Å². The maximum Gasteiger partial charge on any atom is 0.472 e. The number of phosphoric acid groups is 1. The fraction of sp³-hybridized carbons (Fsp3) is 0.978. The van der Waals surface area contributed by atoms with Gasteiger partial charge in [-0.05, 0) is 12.8 Å². The molecule has 0 saturated carbocycles. The van der Waals surface area contributed by atoms with E-state index in [0.29, 0.717) is 24.1 Å². The number of likely N-dealkylation sites (N-methyl/N-ethyl adjacent to an activating group) is 1. The number of hydrogen-bond acceptors (Lipinski definition) is 6. The first-order chi connectivity index (χ1) is 26.1. The zero-order chi connectivity index (χ0) is 39.9. The summed E-state index contributed by atoms with van der Waals surface area (Å²) in [6, 6.07) is 0. The molecule has 0 amide bonds. The second-order valence-corrected chi connectivity index (χ2v) is 18.6. The van der Waals surface area contributed by atoms with Gasteiger partial charge in [-0.2, -0.15) is 0 Å². The molecule has 2 atom stereocenters. The molecule has 2 unspecified atom stereocenters. The number of rotatable bonds is 44. The molecular formula is C45H93NO7P+. The van der Waals surface area contributed by atoms with Crippen molar-refractivity contribution in [1.29, 1.82) is 0 Å². The Morgan fingerprint density at radius 1 is 0.500 bits per heavy atom. The molecule has 0 aliphatic rings. The van der Waals surface area contributed by atoms with Gasteiger partial charge in [0.15, 0.2) is 0 Å². The Morgan fingerprint density at radius 2 is 0.852 bits per heavy atom. The van der Waals surface area contributed by atoms with Crippen LogP contribution in [0.2, 0.25) is 0 Å². The van der Waals surface area contributed by atoms with Gasteiger partial charge in [-0.25, -0.2) is 4.57 Å². The maximum atomic E-state index is 12.7. The number of carbonyl (C=O) groups excluding carboxylic acids is 1. The molecule has 0 spiro atoms. The second-order valence-electron chi connectivity index (χ2n) is 17.2. The second kappa shape index (κ2) is 39.3. The monoisotopic (exact) mass is 791 g/mol. The summed E-state index contributed by atoms with van der Waals surface area (Å²) in [7, 11) is 1.68. The van der Waals surface area contributed by atoms with E-state index in [4.69, 9.17) is 18.5 Å². The van der Waals surface area contributed by atoms with Crippen molar-refractivity contribution < 1.29 is 37.3 Å². The predicted molar refractivity (Wildman–Crippen MR) is 229 cm³/mol. The molecule has 0 aromatic carbocycles. The molecule has 0 rings (SSSR count). The molecule has 0 fully saturated rings. The van der Waals surface area contributed by atoms with Gasteiger partial charge in [-0.15, -0.1) is 0 Å². The average Bonchev–Trinajstić information content (AvgIpc) is 3.12. The first kappa shape index (κ1) is 53.5. The van der Waals surface area contributed by atoms with Crippen molar-refractivity contribution in [2.45, 2.75) is 232 Å². The molecule has 0 radical (unpaired) electrons. The average molecular weight is 791 g/mol. The Balaban J connectivity index is 4.04. The van der Waals surface area contributed by atoms with Gasteiger partial charge in [0.25, 0.3) is 0 Å². The van der Waals surface area contributed by atoms with E-state index >= 15 is 0 Å². The quantitative estimate of drug-likeness (QED) is 0.0284. The molecule has 1 N–H and O–H groups in total. The van der Waals surface area contributed by atoms with Crippen LogP contribution in [0.1, 0.15) is 226 Å². The van der Waals surface area contributed by atoms with Crippen LogP contribution in [-0.2, 0) is 27.9 Å². The third-order valence-corrected chi connectivity index (χ3v) is 11.4. The van der Waals surface area contributed by atoms with Crippen molar-refractivity contribution in [3.63, 3.8) is 0 Å². The first-order valence-corrected chi connectivity index (χ1v) is 24.8. The third kappa shape index (κ3) is 42.6. The molecule has 9 heteroatoms. The molecule has 0 heterocycles. The number of nitrogens with zero attached hydrogens (tertiary/aromatic N) is 1. The Kier molecular flexibility index (Phi) is 39.0. The maximum absolute atomic E-state index is 12.7. The smallest absolute Gasteiger partial charge is 0.457 e. The fourth-order valence-corrected chi connectivity index (χ4v) is 7.53. The Hall–Kier alpha value is -0.500. The van der Waals surface area contributed by atoms with Gasteiger partial charge in [-0.3, -0.25) is 13.8 Å². The SMILES string of the molecule is CCCCCCCCCCCCCCCCCCCCCCCCC(=O)OC(COCCCCCCCCCCCC)COP(=O)(O)OCC[N+](C)(C)C. The van der Waals surface area contributed by atoms with E-state index < -0.39 is 13.9 Å². The van der Waals surface area contributed by atoms with E-state index in [1.54, 1.807) is 0 Å². The molecular weight excluding hydrogens is 697 g/mol. The lowest BCUT2D eigenvalue weighted by molar-refractivity contribution is -0.870. The Bertz CT molecular complexity index is 837. The van der Waals surface area contributed by atoms with Gasteiger partial charge in [0.1, 0.15) is 19.3 Å². The summed E-state index contributed by atoms with van der Waals surface area (Å²) in [5, 5.41) is 0. The van der Waals surface area contributed by atoms with Crippen LogP contribution in [0.5, 0.6) is 0 Å². The zero-order valence-electron chi connectivity index (χ0n) is 36.7. The minimum atomic E-state index is -4.26. The highest BCUT2D eigenvalue weighted by Crippen LogP contribution is 2.43. The zero-order valence-corrected chi connectivity index (χ0v) is 37.6. The number of unbranched alkanes of at least 4 members (excludes halogenated alkanes) is 30. The molecule has 0 bridgehead atoms. The van der Waals surface area contributed by atoms with Crippen molar-refractivity contribution in [1.82, 2.24) is 0 Å². The number of phosphoric ester groups is 1. The summed E-state index contributed by atoms with van der Waals surface area (Å²) in [6.45, 7) is 5.67. The van der Waals surface area contributed by atoms with E-state index in [1.165, 1.54) is 173 Å². The van der Waals surface area contributed by atoms with Crippen LogP contribution < -0.4 is 0 Å². The van der Waals surface area contributed by atoms with Crippen LogP contribution in [0.25, 0.3) is 0 Å². The minimum Gasteiger partial charge on any atom is -0.457 e. The normalized spacial score (nSPS) is 13.7. The number of quaternary nitrogens is 1. The van der Waals surface area contributed by atoms with Crippen LogP contribution in [-0.4, -0.2) is 75.6 Å². The summed E-state index contributed by atoms with van der Waals surface area (Å²) in [5.74, 6) is -0.307. The largest absolute Gasteiger partial charge is 0.472 e. The van der Waals surface area contributed by atoms with Crippen LogP contribution in [0.15, 0.2) is 0 Å². The lowest BCUT2D eigenvalue weighted by Gasteiger charge is -2.24. The molecule has 0 aliphatic carbocycles. The number of esters is 1. The highest BCUT2D eigenvalue weighted by atomic mass is 31.2. The number of ether oxygens (including phenoxy) is 2. The molecule has 8 nitrogen and oxygen atoms in total. The Labute approximate surface area is 336 Å². The van der Waals surface area contributed by atoms with Gasteiger partial charge in [0.2, 0.25) is 0 Å². The molecule has 0 aromatic rings. The fourth-order valence-electron chi connectivity index (χ4n) is 6.79. The highest BCUT2D eigenvalue weighted by Gasteiger charge is 2.26. The molecule has 324 valence electrons. The number of carbonyl (C=O) groups is 1. The van der Waals surface area contributed by atoms with Crippen LogP contribution in [0.3, 0.4) is 0 Å². The highest BCUT2D eigenvalue weighted by molar-refractivity contribution is 7.47. The van der Waals surface area contributed by atoms with E-state index in [0.717, 1.165) is 32.1 Å². The summed E-state index contributed by atoms with van der Waals surface area (Å²) in [4.78, 5) is 22.9. The minimum absolute atomic E-state index is 0.0937. The van der Waals surface area contributed by atoms with Crippen LogP contribution in [0, 0.1) is 0 Å². The van der Waals surface area contributed by atoms with E-state index in [2.05, 4.69) is 13.8 Å². The van der Waals surface area contributed by atoms with E-state index in [-0.39, 0.29) is 25.8 Å². The summed E-state index contributed by atoms with van der Waals surface area (Å²) < 4.78 is 35.0. The molecule has 0 aliphatic heterocycles. The van der Waals surface area contributed by atoms with Crippen molar-refractivity contribution in [3.05, 3.63) is 0 Å². The lowest BCUT2D eigenvalue weighted by Crippen LogP contribution is -2.37. The molecule has 0 saturated heterocycles. The van der Waals surface area contributed by atoms with E-state index in [1.807, 2.05) is 21.1 Å². The first-order valence-electron chi connectivity index (χ1n) is 23.3. The van der Waals surface area contributed by atoms with E-state index in [9.17, 15) is 14.3 Å². The predicted octanol–water partition coefficient (Wildman–Crippen LogP) is 13.7. The summed E-state index contributed by atoms with van der Waals surface area (Å²) in [6.07, 6.45) is 41.4.